The normalized spacial score (nSPS) is 22.0. The van der Waals surface area contributed by atoms with Gasteiger partial charge in [0.2, 0.25) is 5.91 Å². The molecule has 6 nitrogen and oxygen atoms in total. The van der Waals surface area contributed by atoms with Crippen LogP contribution in [0.4, 0.5) is 0 Å². The van der Waals surface area contributed by atoms with Crippen LogP contribution in [-0.4, -0.2) is 52.6 Å². The molecule has 1 aromatic heterocycles. The van der Waals surface area contributed by atoms with Crippen LogP contribution >= 0.6 is 0 Å². The Morgan fingerprint density at radius 1 is 1.03 bits per heavy atom. The molecule has 2 amide bonds. The van der Waals surface area contributed by atoms with Crippen molar-refractivity contribution in [3.63, 3.8) is 0 Å². The van der Waals surface area contributed by atoms with Crippen molar-refractivity contribution in [1.29, 1.82) is 0 Å². The van der Waals surface area contributed by atoms with Crippen molar-refractivity contribution in [3.05, 3.63) is 60.4 Å². The third kappa shape index (κ3) is 3.71. The molecule has 1 saturated carbocycles. The van der Waals surface area contributed by atoms with Crippen molar-refractivity contribution in [2.45, 2.75) is 38.6 Å². The summed E-state index contributed by atoms with van der Waals surface area (Å²) in [6.45, 7) is 5.90. The lowest BCUT2D eigenvalue weighted by Gasteiger charge is -2.24. The molecule has 0 N–H and O–H groups in total. The van der Waals surface area contributed by atoms with E-state index in [1.165, 1.54) is 0 Å². The van der Waals surface area contributed by atoms with Gasteiger partial charge in [-0.3, -0.25) is 19.5 Å². The quantitative estimate of drug-likeness (QED) is 0.559. The molecular formula is C28H29N3O3. The summed E-state index contributed by atoms with van der Waals surface area (Å²) >= 11 is 0. The molecule has 2 aliphatic heterocycles. The first-order valence-corrected chi connectivity index (χ1v) is 12.2. The molecule has 174 valence electrons. The lowest BCUT2D eigenvalue weighted by atomic mass is 10.0. The largest absolute Gasteiger partial charge is 0.464 e. The molecule has 3 aliphatic rings. The smallest absolute Gasteiger partial charge is 0.255 e. The number of amidine groups is 1. The van der Waals surface area contributed by atoms with E-state index in [9.17, 15) is 9.59 Å². The molecule has 34 heavy (non-hydrogen) atoms. The molecule has 0 bridgehead atoms. The van der Waals surface area contributed by atoms with Crippen molar-refractivity contribution < 1.29 is 14.0 Å². The Balaban J connectivity index is 1.22. The van der Waals surface area contributed by atoms with Crippen molar-refractivity contribution in [2.75, 3.05) is 19.6 Å². The minimum atomic E-state index is -0.775. The van der Waals surface area contributed by atoms with Crippen LogP contribution in [0, 0.1) is 11.8 Å². The summed E-state index contributed by atoms with van der Waals surface area (Å²) in [5.74, 6) is 1.60. The minimum absolute atomic E-state index is 0.0314. The second-order valence-corrected chi connectivity index (χ2v) is 10.4. The highest BCUT2D eigenvalue weighted by Crippen LogP contribution is 2.34. The lowest BCUT2D eigenvalue weighted by molar-refractivity contribution is -0.131. The van der Waals surface area contributed by atoms with Crippen molar-refractivity contribution in [1.82, 2.24) is 9.80 Å². The molecule has 3 heterocycles. The van der Waals surface area contributed by atoms with Crippen LogP contribution in [-0.2, 0) is 9.59 Å². The average molecular weight is 456 g/mol. The summed E-state index contributed by atoms with van der Waals surface area (Å²) < 4.78 is 5.45. The fraction of sp³-hybridized carbons (Fsp3) is 0.393. The summed E-state index contributed by atoms with van der Waals surface area (Å²) in [4.78, 5) is 34.4. The zero-order chi connectivity index (χ0) is 23.4. The van der Waals surface area contributed by atoms with Crippen LogP contribution in [0.25, 0.3) is 22.1 Å². The molecule has 0 radical (unpaired) electrons. The molecule has 1 saturated heterocycles. The molecule has 1 aliphatic carbocycles. The second kappa shape index (κ2) is 7.83. The molecule has 6 heteroatoms. The number of hydrogen-bond donors (Lipinski definition) is 0. The van der Waals surface area contributed by atoms with Gasteiger partial charge in [0.05, 0.1) is 6.26 Å². The average Bonchev–Trinajstić information content (AvgIpc) is 3.31. The zero-order valence-corrected chi connectivity index (χ0v) is 19.7. The maximum atomic E-state index is 13.2. The van der Waals surface area contributed by atoms with Gasteiger partial charge in [-0.05, 0) is 68.4 Å². The third-order valence-electron chi connectivity index (χ3n) is 7.30. The van der Waals surface area contributed by atoms with E-state index in [2.05, 4.69) is 24.3 Å². The Hall–Kier alpha value is -3.41. The molecule has 1 atom stereocenters. The van der Waals surface area contributed by atoms with Crippen LogP contribution in [0.15, 0.2) is 64.2 Å². The van der Waals surface area contributed by atoms with Gasteiger partial charge >= 0.3 is 0 Å². The number of carbonyl (C=O) groups excluding carboxylic acids is 2. The van der Waals surface area contributed by atoms with Gasteiger partial charge in [0.15, 0.2) is 0 Å². The third-order valence-corrected chi connectivity index (χ3v) is 7.30. The van der Waals surface area contributed by atoms with Crippen LogP contribution in [0.5, 0.6) is 0 Å². The van der Waals surface area contributed by atoms with E-state index in [0.29, 0.717) is 12.5 Å². The molecule has 3 aromatic rings. The predicted molar refractivity (Wildman–Crippen MR) is 131 cm³/mol. The van der Waals surface area contributed by atoms with Crippen LogP contribution in [0.2, 0.25) is 0 Å². The highest BCUT2D eigenvalue weighted by atomic mass is 16.3. The summed E-state index contributed by atoms with van der Waals surface area (Å²) in [7, 11) is 0. The van der Waals surface area contributed by atoms with E-state index < -0.39 is 5.54 Å². The first-order chi connectivity index (χ1) is 16.4. The van der Waals surface area contributed by atoms with Gasteiger partial charge in [0, 0.05) is 36.5 Å². The maximum Gasteiger partial charge on any atom is 0.255 e. The van der Waals surface area contributed by atoms with Gasteiger partial charge in [-0.25, -0.2) is 0 Å². The number of aliphatic imine (C=N–C) groups is 1. The standard InChI is InChI=1S/C28H29N3O3/c1-28(2)27(33)31(17-18-11-13-30(16-18)26(32)21-7-8-21)25(29-28)20-5-3-19(4-6-20)22-9-10-24-23(15-22)12-14-34-24/h3-6,9-10,12,14-15,18,21H,7-8,11,13,16-17H2,1-2H3. The van der Waals surface area contributed by atoms with Gasteiger partial charge in [-0.15, -0.1) is 0 Å². The SMILES string of the molecule is CC1(C)N=C(c2ccc(-c3ccc4occc4c3)cc2)N(CC2CCN(C(=O)C3CC3)C2)C1=O. The fourth-order valence-electron chi connectivity index (χ4n) is 5.18. The van der Waals surface area contributed by atoms with E-state index >= 15 is 0 Å². The van der Waals surface area contributed by atoms with Crippen molar-refractivity contribution in [2.24, 2.45) is 16.8 Å². The first-order valence-electron chi connectivity index (χ1n) is 12.2. The minimum Gasteiger partial charge on any atom is -0.464 e. The number of carbonyl (C=O) groups is 2. The van der Waals surface area contributed by atoms with Gasteiger partial charge in [0.25, 0.3) is 5.91 Å². The number of rotatable bonds is 5. The molecule has 1 unspecified atom stereocenters. The van der Waals surface area contributed by atoms with Crippen molar-refractivity contribution >= 4 is 28.6 Å². The number of furan rings is 1. The number of amides is 2. The molecule has 2 fully saturated rings. The second-order valence-electron chi connectivity index (χ2n) is 10.4. The lowest BCUT2D eigenvalue weighted by Crippen LogP contribution is -2.42. The Morgan fingerprint density at radius 3 is 2.53 bits per heavy atom. The number of hydrogen-bond acceptors (Lipinski definition) is 4. The van der Waals surface area contributed by atoms with Crippen LogP contribution in [0.3, 0.4) is 0 Å². The molecule has 6 rings (SSSR count). The van der Waals surface area contributed by atoms with E-state index in [4.69, 9.17) is 9.41 Å². The number of benzene rings is 2. The first kappa shape index (κ1) is 21.1. The van der Waals surface area contributed by atoms with E-state index in [1.54, 1.807) is 6.26 Å². The summed E-state index contributed by atoms with van der Waals surface area (Å²) in [5.41, 5.74) is 3.26. The maximum absolute atomic E-state index is 13.2. The zero-order valence-electron chi connectivity index (χ0n) is 19.7. The number of nitrogens with zero attached hydrogens (tertiary/aromatic N) is 3. The van der Waals surface area contributed by atoms with E-state index in [-0.39, 0.29) is 17.7 Å². The van der Waals surface area contributed by atoms with Crippen LogP contribution < -0.4 is 0 Å². The summed E-state index contributed by atoms with van der Waals surface area (Å²) in [6, 6.07) is 16.4. The Kier molecular flexibility index (Phi) is 4.87. The van der Waals surface area contributed by atoms with Gasteiger partial charge in [0.1, 0.15) is 17.0 Å². The highest BCUT2D eigenvalue weighted by Gasteiger charge is 2.43. The molecule has 2 aromatic carbocycles. The number of fused-ring (bicyclic) bond motifs is 1. The van der Waals surface area contributed by atoms with Gasteiger partial charge < -0.3 is 9.32 Å². The topological polar surface area (TPSA) is 66.1 Å². The molecule has 0 spiro atoms. The van der Waals surface area contributed by atoms with Gasteiger partial charge in [-0.1, -0.05) is 30.3 Å². The van der Waals surface area contributed by atoms with Crippen LogP contribution in [0.1, 0.15) is 38.7 Å². The monoisotopic (exact) mass is 455 g/mol. The fourth-order valence-corrected chi connectivity index (χ4v) is 5.18. The Morgan fingerprint density at radius 2 is 1.76 bits per heavy atom. The highest BCUT2D eigenvalue weighted by molar-refractivity contribution is 6.15. The van der Waals surface area contributed by atoms with Gasteiger partial charge in [-0.2, -0.15) is 0 Å². The van der Waals surface area contributed by atoms with E-state index in [1.807, 2.05) is 47.9 Å². The summed E-state index contributed by atoms with van der Waals surface area (Å²) in [6.07, 6.45) is 4.70. The van der Waals surface area contributed by atoms with E-state index in [0.717, 1.165) is 65.8 Å². The molecular weight excluding hydrogens is 426 g/mol. The predicted octanol–water partition coefficient (Wildman–Crippen LogP) is 4.73. The Bertz CT molecular complexity index is 1300. The summed E-state index contributed by atoms with van der Waals surface area (Å²) in [5, 5.41) is 1.08. The number of likely N-dealkylation sites (tertiary alicyclic amines) is 1. The Labute approximate surface area is 199 Å². The van der Waals surface area contributed by atoms with Crippen molar-refractivity contribution in [3.8, 4) is 11.1 Å².